The number of hydrogen-bond acceptors (Lipinski definition) is 5. The van der Waals surface area contributed by atoms with Crippen LogP contribution in [0.1, 0.15) is 10.5 Å². The van der Waals surface area contributed by atoms with Gasteiger partial charge in [-0.15, -0.1) is 0 Å². The summed E-state index contributed by atoms with van der Waals surface area (Å²) in [7, 11) is 1.30. The molecular weight excluding hydrogens is 158 g/mol. The van der Waals surface area contributed by atoms with Crippen molar-refractivity contribution in [2.75, 3.05) is 12.5 Å². The second-order valence-electron chi connectivity index (χ2n) is 2.07. The Hall–Kier alpha value is -1.62. The lowest BCUT2D eigenvalue weighted by Gasteiger charge is -1.99. The van der Waals surface area contributed by atoms with Gasteiger partial charge < -0.3 is 10.2 Å². The third-order valence-electron chi connectivity index (χ3n) is 1.32. The number of hydrogen-bond donors (Lipinski definition) is 2. The number of esters is 1. The Morgan fingerprint density at radius 3 is 2.83 bits per heavy atom. The summed E-state index contributed by atoms with van der Waals surface area (Å²) >= 11 is 0. The molecule has 64 valence electrons. The number of ether oxygens (including phenoxy) is 1. The number of anilines is 1. The highest BCUT2D eigenvalue weighted by Crippen LogP contribution is 2.04. The normalized spacial score (nSPS) is 9.17. The van der Waals surface area contributed by atoms with Crippen LogP contribution in [0.5, 0.6) is 0 Å². The molecule has 0 amide bonds. The highest BCUT2D eigenvalue weighted by molar-refractivity contribution is 5.87. The molecule has 0 saturated carbocycles. The van der Waals surface area contributed by atoms with E-state index in [4.69, 9.17) is 5.84 Å². The highest BCUT2D eigenvalue weighted by atomic mass is 16.5. The SMILES string of the molecule is COC(=O)c1ccc(NN)cn1. The molecule has 1 rings (SSSR count). The first kappa shape index (κ1) is 8.48. The average Bonchev–Trinajstić information content (AvgIpc) is 2.17. The van der Waals surface area contributed by atoms with E-state index < -0.39 is 5.97 Å². The average molecular weight is 167 g/mol. The van der Waals surface area contributed by atoms with Crippen LogP contribution in [0.15, 0.2) is 18.3 Å². The summed E-state index contributed by atoms with van der Waals surface area (Å²) in [6, 6.07) is 3.17. The molecule has 5 heteroatoms. The first-order valence-electron chi connectivity index (χ1n) is 3.29. The number of aromatic nitrogens is 1. The molecule has 0 atom stereocenters. The van der Waals surface area contributed by atoms with Crippen LogP contribution in [0.3, 0.4) is 0 Å². The largest absolute Gasteiger partial charge is 0.464 e. The number of carbonyl (C=O) groups is 1. The number of nitrogens with one attached hydrogen (secondary N) is 1. The maximum absolute atomic E-state index is 10.9. The first-order valence-corrected chi connectivity index (χ1v) is 3.29. The fourth-order valence-electron chi connectivity index (χ4n) is 0.705. The molecule has 0 radical (unpaired) electrons. The van der Waals surface area contributed by atoms with Crippen molar-refractivity contribution in [1.29, 1.82) is 0 Å². The van der Waals surface area contributed by atoms with Gasteiger partial charge in [-0.25, -0.2) is 9.78 Å². The smallest absolute Gasteiger partial charge is 0.356 e. The van der Waals surface area contributed by atoms with Gasteiger partial charge in [-0.1, -0.05) is 0 Å². The van der Waals surface area contributed by atoms with Gasteiger partial charge in [-0.3, -0.25) is 5.84 Å². The molecule has 0 saturated heterocycles. The molecule has 0 spiro atoms. The Bertz CT molecular complexity index is 270. The number of nitrogens with two attached hydrogens (primary N) is 1. The molecule has 0 aliphatic heterocycles. The van der Waals surface area contributed by atoms with Crippen molar-refractivity contribution in [2.45, 2.75) is 0 Å². The zero-order valence-corrected chi connectivity index (χ0v) is 6.57. The summed E-state index contributed by atoms with van der Waals surface area (Å²) in [5.41, 5.74) is 3.30. The van der Waals surface area contributed by atoms with Crippen molar-refractivity contribution in [1.82, 2.24) is 4.98 Å². The predicted molar refractivity (Wildman–Crippen MR) is 43.4 cm³/mol. The van der Waals surface area contributed by atoms with Crippen LogP contribution in [-0.2, 0) is 4.74 Å². The molecule has 0 aliphatic carbocycles. The molecule has 0 unspecified atom stereocenters. The molecule has 5 nitrogen and oxygen atoms in total. The fraction of sp³-hybridized carbons (Fsp3) is 0.143. The van der Waals surface area contributed by atoms with Gasteiger partial charge >= 0.3 is 5.97 Å². The standard InChI is InChI=1S/C7H9N3O2/c1-12-7(11)6-3-2-5(10-8)4-9-6/h2-4,10H,8H2,1H3. The van der Waals surface area contributed by atoms with Gasteiger partial charge in [0, 0.05) is 0 Å². The number of pyridine rings is 1. The van der Waals surface area contributed by atoms with Crippen LogP contribution in [0.2, 0.25) is 0 Å². The zero-order chi connectivity index (χ0) is 8.97. The van der Waals surface area contributed by atoms with Gasteiger partial charge in [0.1, 0.15) is 5.69 Å². The minimum absolute atomic E-state index is 0.261. The van der Waals surface area contributed by atoms with Crippen LogP contribution in [-0.4, -0.2) is 18.1 Å². The molecule has 1 heterocycles. The molecule has 0 aliphatic rings. The summed E-state index contributed by atoms with van der Waals surface area (Å²) in [5, 5.41) is 0. The van der Waals surface area contributed by atoms with Crippen LogP contribution in [0.4, 0.5) is 5.69 Å². The molecule has 1 aromatic heterocycles. The van der Waals surface area contributed by atoms with Crippen molar-refractivity contribution in [3.63, 3.8) is 0 Å². The number of hydrazine groups is 1. The maximum Gasteiger partial charge on any atom is 0.356 e. The molecule has 1 aromatic rings. The fourth-order valence-corrected chi connectivity index (χ4v) is 0.705. The highest BCUT2D eigenvalue weighted by Gasteiger charge is 2.04. The molecule has 0 bridgehead atoms. The van der Waals surface area contributed by atoms with E-state index in [1.165, 1.54) is 19.4 Å². The van der Waals surface area contributed by atoms with E-state index in [0.717, 1.165) is 0 Å². The van der Waals surface area contributed by atoms with Gasteiger partial charge in [-0.05, 0) is 12.1 Å². The van der Waals surface area contributed by atoms with Gasteiger partial charge in [0.2, 0.25) is 0 Å². The topological polar surface area (TPSA) is 77.2 Å². The minimum Gasteiger partial charge on any atom is -0.464 e. The number of rotatable bonds is 2. The third kappa shape index (κ3) is 1.70. The second-order valence-corrected chi connectivity index (χ2v) is 2.07. The van der Waals surface area contributed by atoms with Crippen LogP contribution in [0, 0.1) is 0 Å². The van der Waals surface area contributed by atoms with E-state index in [0.29, 0.717) is 5.69 Å². The molecule has 0 fully saturated rings. The van der Waals surface area contributed by atoms with Crippen molar-refractivity contribution < 1.29 is 9.53 Å². The van der Waals surface area contributed by atoms with E-state index in [1.54, 1.807) is 6.07 Å². The maximum atomic E-state index is 10.9. The zero-order valence-electron chi connectivity index (χ0n) is 6.57. The van der Waals surface area contributed by atoms with Gasteiger partial charge in [0.15, 0.2) is 0 Å². The molecule has 3 N–H and O–H groups in total. The number of nitrogen functional groups attached to an aromatic ring is 1. The Balaban J connectivity index is 2.84. The Morgan fingerprint density at radius 1 is 1.67 bits per heavy atom. The van der Waals surface area contributed by atoms with Gasteiger partial charge in [0.25, 0.3) is 0 Å². The summed E-state index contributed by atoms with van der Waals surface area (Å²) in [6.45, 7) is 0. The minimum atomic E-state index is -0.460. The predicted octanol–water partition coefficient (Wildman–Crippen LogP) is 0.154. The Labute approximate surface area is 69.5 Å². The van der Waals surface area contributed by atoms with E-state index >= 15 is 0 Å². The number of nitrogens with zero attached hydrogens (tertiary/aromatic N) is 1. The lowest BCUT2D eigenvalue weighted by Crippen LogP contribution is -2.09. The lowest BCUT2D eigenvalue weighted by atomic mass is 10.3. The lowest BCUT2D eigenvalue weighted by molar-refractivity contribution is 0.0594. The van der Waals surface area contributed by atoms with Crippen molar-refractivity contribution in [3.05, 3.63) is 24.0 Å². The molecule has 12 heavy (non-hydrogen) atoms. The summed E-state index contributed by atoms with van der Waals surface area (Å²) in [5.74, 6) is 4.64. The summed E-state index contributed by atoms with van der Waals surface area (Å²) in [4.78, 5) is 14.7. The van der Waals surface area contributed by atoms with Gasteiger partial charge in [0.05, 0.1) is 19.0 Å². The van der Waals surface area contributed by atoms with Crippen molar-refractivity contribution in [3.8, 4) is 0 Å². The van der Waals surface area contributed by atoms with Gasteiger partial charge in [-0.2, -0.15) is 0 Å². The Morgan fingerprint density at radius 2 is 2.42 bits per heavy atom. The Kier molecular flexibility index (Phi) is 2.60. The van der Waals surface area contributed by atoms with Crippen LogP contribution < -0.4 is 11.3 Å². The van der Waals surface area contributed by atoms with Crippen LogP contribution in [0.25, 0.3) is 0 Å². The monoisotopic (exact) mass is 167 g/mol. The van der Waals surface area contributed by atoms with E-state index in [9.17, 15) is 4.79 Å². The van der Waals surface area contributed by atoms with E-state index in [-0.39, 0.29) is 5.69 Å². The van der Waals surface area contributed by atoms with E-state index in [1.807, 2.05) is 0 Å². The van der Waals surface area contributed by atoms with Crippen molar-refractivity contribution in [2.24, 2.45) is 5.84 Å². The third-order valence-corrected chi connectivity index (χ3v) is 1.32. The van der Waals surface area contributed by atoms with Crippen molar-refractivity contribution >= 4 is 11.7 Å². The second kappa shape index (κ2) is 3.68. The number of methoxy groups -OCH3 is 1. The summed E-state index contributed by atoms with van der Waals surface area (Å²) in [6.07, 6.45) is 1.45. The van der Waals surface area contributed by atoms with E-state index in [2.05, 4.69) is 15.1 Å². The first-order chi connectivity index (χ1) is 5.77. The molecular formula is C7H9N3O2. The quantitative estimate of drug-likeness (QED) is 0.372. The van der Waals surface area contributed by atoms with Crippen LogP contribution >= 0.6 is 0 Å². The number of carbonyl (C=O) groups excluding carboxylic acids is 1. The summed E-state index contributed by atoms with van der Waals surface area (Å²) < 4.78 is 4.46. The molecule has 0 aromatic carbocycles.